The van der Waals surface area contributed by atoms with E-state index in [1.807, 2.05) is 24.3 Å². The van der Waals surface area contributed by atoms with Gasteiger partial charge in [0.05, 0.1) is 0 Å². The summed E-state index contributed by atoms with van der Waals surface area (Å²) in [4.78, 5) is 0. The Hall–Kier alpha value is -2.04. The van der Waals surface area contributed by atoms with Crippen molar-refractivity contribution in [1.29, 1.82) is 0 Å². The van der Waals surface area contributed by atoms with E-state index in [1.165, 1.54) is 5.56 Å². The highest BCUT2D eigenvalue weighted by Gasteiger charge is 2.08. The summed E-state index contributed by atoms with van der Waals surface area (Å²) < 4.78 is 0. The van der Waals surface area contributed by atoms with E-state index >= 15 is 0 Å². The summed E-state index contributed by atoms with van der Waals surface area (Å²) in [6.07, 6.45) is 0. The van der Waals surface area contributed by atoms with Crippen molar-refractivity contribution in [3.05, 3.63) is 70.2 Å². The van der Waals surface area contributed by atoms with Gasteiger partial charge in [0, 0.05) is 23.2 Å². The van der Waals surface area contributed by atoms with Gasteiger partial charge in [-0.2, -0.15) is 0 Å². The summed E-state index contributed by atoms with van der Waals surface area (Å²) in [5.41, 5.74) is 8.33. The first kappa shape index (κ1) is 15.4. The molecule has 2 rings (SSSR count). The highest BCUT2D eigenvalue weighted by molar-refractivity contribution is 6.31. The average Bonchev–Trinajstić information content (AvgIpc) is 2.53. The number of benzene rings is 2. The molecule has 0 spiro atoms. The van der Waals surface area contributed by atoms with Gasteiger partial charge in [-0.3, -0.25) is 0 Å². The molecule has 0 bridgehead atoms. The average molecular weight is 304 g/mol. The summed E-state index contributed by atoms with van der Waals surface area (Å²) >= 11 is 6.23. The second-order valence-corrected chi connectivity index (χ2v) is 5.21. The van der Waals surface area contributed by atoms with Crippen LogP contribution in [0.5, 0.6) is 0 Å². The van der Waals surface area contributed by atoms with Gasteiger partial charge in [-0.15, -0.1) is 0 Å². The molecule has 0 unspecified atom stereocenters. The van der Waals surface area contributed by atoms with E-state index in [0.29, 0.717) is 17.1 Å². The van der Waals surface area contributed by atoms with Gasteiger partial charge in [0.25, 0.3) is 0 Å². The highest BCUT2D eigenvalue weighted by Crippen LogP contribution is 2.19. The van der Waals surface area contributed by atoms with Gasteiger partial charge < -0.3 is 16.3 Å². The van der Waals surface area contributed by atoms with Crippen LogP contribution in [0.4, 0.5) is 0 Å². The molecule has 110 valence electrons. The van der Waals surface area contributed by atoms with Crippen LogP contribution < -0.4 is 11.1 Å². The fraction of sp³-hybridized carbons (Fsp3) is 0.188. The minimum atomic E-state index is 0.0501. The van der Waals surface area contributed by atoms with Crippen molar-refractivity contribution in [2.45, 2.75) is 19.5 Å². The van der Waals surface area contributed by atoms with Gasteiger partial charge in [-0.1, -0.05) is 59.2 Å². The molecule has 0 amide bonds. The first-order valence-electron chi connectivity index (χ1n) is 6.66. The third kappa shape index (κ3) is 3.97. The number of nitrogens with one attached hydrogen (secondary N) is 1. The van der Waals surface area contributed by atoms with Crippen LogP contribution in [0.1, 0.15) is 29.7 Å². The fourth-order valence-electron chi connectivity index (χ4n) is 2.03. The lowest BCUT2D eigenvalue weighted by molar-refractivity contribution is 0.318. The van der Waals surface area contributed by atoms with Gasteiger partial charge in [-0.25, -0.2) is 0 Å². The largest absolute Gasteiger partial charge is 0.409 e. The smallest absolute Gasteiger partial charge is 0.170 e. The molecule has 0 aliphatic carbocycles. The van der Waals surface area contributed by atoms with Crippen LogP contribution >= 0.6 is 11.6 Å². The Bertz CT molecular complexity index is 629. The van der Waals surface area contributed by atoms with Crippen molar-refractivity contribution in [1.82, 2.24) is 5.32 Å². The third-order valence-electron chi connectivity index (χ3n) is 3.35. The number of hydrogen-bond donors (Lipinski definition) is 3. The summed E-state index contributed by atoms with van der Waals surface area (Å²) in [5, 5.41) is 15.6. The molecular formula is C16H18ClN3O. The molecule has 0 saturated heterocycles. The molecule has 0 aliphatic rings. The minimum absolute atomic E-state index is 0.0501. The zero-order valence-electron chi connectivity index (χ0n) is 11.8. The summed E-state index contributed by atoms with van der Waals surface area (Å²) in [6, 6.07) is 15.8. The normalized spacial score (nSPS) is 13.1. The maximum absolute atomic E-state index is 8.66. The van der Waals surface area contributed by atoms with Crippen molar-refractivity contribution in [3.63, 3.8) is 0 Å². The van der Waals surface area contributed by atoms with Gasteiger partial charge in [-0.05, 0) is 24.1 Å². The number of halogens is 1. The van der Waals surface area contributed by atoms with Crippen molar-refractivity contribution < 1.29 is 5.21 Å². The number of amidine groups is 1. The van der Waals surface area contributed by atoms with Gasteiger partial charge in [0.15, 0.2) is 5.84 Å². The van der Waals surface area contributed by atoms with Crippen molar-refractivity contribution >= 4 is 17.4 Å². The van der Waals surface area contributed by atoms with Crippen molar-refractivity contribution in [3.8, 4) is 0 Å². The molecule has 0 aliphatic heterocycles. The molecule has 4 nitrogen and oxygen atoms in total. The Labute approximate surface area is 129 Å². The lowest BCUT2D eigenvalue weighted by atomic mass is 10.1. The molecule has 0 radical (unpaired) electrons. The van der Waals surface area contributed by atoms with E-state index in [4.69, 9.17) is 22.5 Å². The van der Waals surface area contributed by atoms with Crippen LogP contribution in [0.3, 0.4) is 0 Å². The van der Waals surface area contributed by atoms with Crippen LogP contribution in [-0.4, -0.2) is 11.0 Å². The maximum Gasteiger partial charge on any atom is 0.170 e. The molecule has 0 aromatic heterocycles. The molecule has 4 N–H and O–H groups in total. The van der Waals surface area contributed by atoms with Crippen molar-refractivity contribution in [2.24, 2.45) is 10.9 Å². The molecule has 2 aromatic carbocycles. The predicted octanol–water partition coefficient (Wildman–Crippen LogP) is 3.29. The first-order valence-corrected chi connectivity index (χ1v) is 7.04. The topological polar surface area (TPSA) is 70.6 Å². The first-order chi connectivity index (χ1) is 10.1. The summed E-state index contributed by atoms with van der Waals surface area (Å²) in [7, 11) is 0. The van der Waals surface area contributed by atoms with Crippen LogP contribution in [0.25, 0.3) is 0 Å². The number of hydrogen-bond acceptors (Lipinski definition) is 3. The van der Waals surface area contributed by atoms with Gasteiger partial charge in [0.2, 0.25) is 0 Å². The molecule has 0 heterocycles. The van der Waals surface area contributed by atoms with Crippen molar-refractivity contribution in [2.75, 3.05) is 0 Å². The Morgan fingerprint density at radius 2 is 2.00 bits per heavy atom. The number of rotatable bonds is 5. The molecule has 0 fully saturated rings. The predicted molar refractivity (Wildman–Crippen MR) is 85.7 cm³/mol. The number of nitrogens with two attached hydrogens (primary N) is 1. The Kier molecular flexibility index (Phi) is 5.20. The zero-order valence-corrected chi connectivity index (χ0v) is 12.5. The SMILES string of the molecule is C[C@H](NCc1ccc(/C(N)=N/O)cc1Cl)c1ccccc1. The minimum Gasteiger partial charge on any atom is -0.409 e. The van der Waals surface area contributed by atoms with E-state index in [9.17, 15) is 0 Å². The Morgan fingerprint density at radius 1 is 1.29 bits per heavy atom. The second kappa shape index (κ2) is 7.11. The van der Waals surface area contributed by atoms with Gasteiger partial charge >= 0.3 is 0 Å². The molecule has 1 atom stereocenters. The van der Waals surface area contributed by atoms with E-state index in [2.05, 4.69) is 29.5 Å². The Balaban J connectivity index is 2.04. The molecule has 5 heteroatoms. The monoisotopic (exact) mass is 303 g/mol. The van der Waals surface area contributed by atoms with Crippen LogP contribution in [-0.2, 0) is 6.54 Å². The second-order valence-electron chi connectivity index (χ2n) is 4.80. The van der Waals surface area contributed by atoms with Gasteiger partial charge in [0.1, 0.15) is 0 Å². The lowest BCUT2D eigenvalue weighted by Crippen LogP contribution is -2.18. The van der Waals surface area contributed by atoms with Crippen LogP contribution in [0, 0.1) is 0 Å². The molecule has 2 aromatic rings. The van der Waals surface area contributed by atoms with E-state index in [1.54, 1.807) is 12.1 Å². The lowest BCUT2D eigenvalue weighted by Gasteiger charge is -2.15. The summed E-state index contributed by atoms with van der Waals surface area (Å²) in [6.45, 7) is 2.75. The fourth-order valence-corrected chi connectivity index (χ4v) is 2.28. The quantitative estimate of drug-likeness (QED) is 0.343. The number of nitrogens with zero attached hydrogens (tertiary/aromatic N) is 1. The molecule has 0 saturated carbocycles. The van der Waals surface area contributed by atoms with Crippen LogP contribution in [0.2, 0.25) is 5.02 Å². The summed E-state index contributed by atoms with van der Waals surface area (Å²) in [5.74, 6) is 0.0501. The van der Waals surface area contributed by atoms with Crippen LogP contribution in [0.15, 0.2) is 53.7 Å². The zero-order chi connectivity index (χ0) is 15.2. The van der Waals surface area contributed by atoms with E-state index in [0.717, 1.165) is 5.56 Å². The number of oxime groups is 1. The van der Waals surface area contributed by atoms with E-state index in [-0.39, 0.29) is 11.9 Å². The maximum atomic E-state index is 8.66. The van der Waals surface area contributed by atoms with E-state index < -0.39 is 0 Å². The molecule has 21 heavy (non-hydrogen) atoms. The molecular weight excluding hydrogens is 286 g/mol. The third-order valence-corrected chi connectivity index (χ3v) is 3.71. The highest BCUT2D eigenvalue weighted by atomic mass is 35.5. The standard InChI is InChI=1S/C16H18ClN3O/c1-11(12-5-3-2-4-6-12)19-10-14-8-7-13(9-15(14)17)16(18)20-21/h2-9,11,19,21H,10H2,1H3,(H2,18,20)/t11-/m0/s1. The Morgan fingerprint density at radius 3 is 2.62 bits per heavy atom.